The molecule has 1 aromatic carbocycles. The van der Waals surface area contributed by atoms with E-state index in [0.717, 1.165) is 15.2 Å². The Hall–Kier alpha value is -1.77. The van der Waals surface area contributed by atoms with Crippen LogP contribution in [0, 0.1) is 13.8 Å². The molecule has 0 radical (unpaired) electrons. The first-order valence-corrected chi connectivity index (χ1v) is 9.34. The molecule has 0 aliphatic heterocycles. The maximum Gasteiger partial charge on any atom is 0.248 e. The van der Waals surface area contributed by atoms with Gasteiger partial charge in [-0.05, 0) is 32.9 Å². The molecule has 0 N–H and O–H groups in total. The van der Waals surface area contributed by atoms with Crippen LogP contribution in [0.2, 0.25) is 0 Å². The maximum absolute atomic E-state index is 12.9. The molecule has 1 atom stereocenters. The van der Waals surface area contributed by atoms with Crippen LogP contribution >= 0.6 is 11.3 Å². The molecule has 2 aromatic heterocycles. The summed E-state index contributed by atoms with van der Waals surface area (Å²) in [5.74, 6) is 0.297. The number of hydrogen-bond donors (Lipinski definition) is 0. The Morgan fingerprint density at radius 1 is 1.26 bits per heavy atom. The van der Waals surface area contributed by atoms with Crippen molar-refractivity contribution in [2.75, 3.05) is 7.05 Å². The quantitative estimate of drug-likeness (QED) is 0.721. The van der Waals surface area contributed by atoms with Crippen LogP contribution in [0.4, 0.5) is 0 Å². The second-order valence-corrected chi connectivity index (χ2v) is 8.37. The Bertz CT molecular complexity index is 907. The highest BCUT2D eigenvalue weighted by atomic mass is 32.2. The summed E-state index contributed by atoms with van der Waals surface area (Å²) in [5, 5.41) is 4.49. The van der Waals surface area contributed by atoms with Crippen LogP contribution < -0.4 is 0 Å². The topological polar surface area (TPSA) is 76.3 Å². The summed E-state index contributed by atoms with van der Waals surface area (Å²) in [7, 11) is -2.14. The monoisotopic (exact) mass is 351 g/mol. The van der Waals surface area contributed by atoms with Gasteiger partial charge < -0.3 is 4.52 Å². The molecule has 0 aliphatic carbocycles. The summed E-state index contributed by atoms with van der Waals surface area (Å²) < 4.78 is 33.1. The summed E-state index contributed by atoms with van der Waals surface area (Å²) in [4.78, 5) is 4.68. The predicted octanol–water partition coefficient (Wildman–Crippen LogP) is 3.28. The average molecular weight is 351 g/mol. The number of para-hydroxylation sites is 1. The lowest BCUT2D eigenvalue weighted by molar-refractivity contribution is 0.384. The molecule has 122 valence electrons. The van der Waals surface area contributed by atoms with Crippen molar-refractivity contribution in [3.05, 3.63) is 40.7 Å². The van der Waals surface area contributed by atoms with Gasteiger partial charge in [0.25, 0.3) is 0 Å². The van der Waals surface area contributed by atoms with Crippen molar-refractivity contribution < 1.29 is 12.9 Å². The Morgan fingerprint density at radius 3 is 2.57 bits per heavy atom. The van der Waals surface area contributed by atoms with Gasteiger partial charge in [0, 0.05) is 7.05 Å². The SMILES string of the molecule is Cc1noc(C)c1S(=O)(=O)N(C)[C@H](C)c1nc2ccccc2s1. The highest BCUT2D eigenvalue weighted by Crippen LogP contribution is 2.33. The van der Waals surface area contributed by atoms with E-state index in [0.29, 0.717) is 11.5 Å². The number of hydrogen-bond acceptors (Lipinski definition) is 6. The Kier molecular flexibility index (Phi) is 3.99. The van der Waals surface area contributed by atoms with Gasteiger partial charge in [0.1, 0.15) is 15.6 Å². The highest BCUT2D eigenvalue weighted by molar-refractivity contribution is 7.89. The molecule has 0 amide bonds. The third-order valence-corrected chi connectivity index (χ3v) is 7.20. The minimum absolute atomic E-state index is 0.132. The molecule has 3 aromatic rings. The smallest absolute Gasteiger partial charge is 0.248 e. The van der Waals surface area contributed by atoms with Gasteiger partial charge in [0.05, 0.1) is 16.3 Å². The largest absolute Gasteiger partial charge is 0.360 e. The number of thiazole rings is 1. The van der Waals surface area contributed by atoms with Crippen molar-refractivity contribution in [1.29, 1.82) is 0 Å². The Morgan fingerprint density at radius 2 is 1.96 bits per heavy atom. The number of aromatic nitrogens is 2. The summed E-state index contributed by atoms with van der Waals surface area (Å²) in [6.07, 6.45) is 0. The molecule has 0 unspecified atom stereocenters. The minimum atomic E-state index is -3.70. The van der Waals surface area contributed by atoms with Crippen LogP contribution in [-0.4, -0.2) is 29.9 Å². The van der Waals surface area contributed by atoms with Gasteiger partial charge in [0.2, 0.25) is 10.0 Å². The van der Waals surface area contributed by atoms with E-state index in [2.05, 4.69) is 10.1 Å². The summed E-state index contributed by atoms with van der Waals surface area (Å²) >= 11 is 1.50. The van der Waals surface area contributed by atoms with Crippen LogP contribution in [0.15, 0.2) is 33.7 Å². The van der Waals surface area contributed by atoms with Gasteiger partial charge in [-0.2, -0.15) is 4.31 Å². The molecule has 3 rings (SSSR count). The van der Waals surface area contributed by atoms with E-state index in [1.165, 1.54) is 15.6 Å². The molecule has 0 saturated carbocycles. The van der Waals surface area contributed by atoms with Gasteiger partial charge in [-0.3, -0.25) is 0 Å². The first-order valence-electron chi connectivity index (χ1n) is 7.08. The molecule has 6 nitrogen and oxygen atoms in total. The molecule has 23 heavy (non-hydrogen) atoms. The molecule has 2 heterocycles. The van der Waals surface area contributed by atoms with E-state index in [9.17, 15) is 8.42 Å². The van der Waals surface area contributed by atoms with Gasteiger partial charge in [0.15, 0.2) is 5.76 Å². The summed E-state index contributed by atoms with van der Waals surface area (Å²) in [6.45, 7) is 5.05. The first kappa shape index (κ1) is 16.1. The van der Waals surface area contributed by atoms with Crippen LogP contribution in [0.1, 0.15) is 29.4 Å². The number of aryl methyl sites for hydroxylation is 2. The molecule has 0 fully saturated rings. The zero-order chi connectivity index (χ0) is 16.8. The second-order valence-electron chi connectivity index (χ2n) is 5.37. The van der Waals surface area contributed by atoms with E-state index < -0.39 is 10.0 Å². The normalized spacial score (nSPS) is 13.8. The van der Waals surface area contributed by atoms with E-state index in [1.54, 1.807) is 20.9 Å². The van der Waals surface area contributed by atoms with Crippen molar-refractivity contribution in [1.82, 2.24) is 14.4 Å². The standard InChI is InChI=1S/C15H17N3O3S2/c1-9-14(11(3)21-17-9)23(19,20)18(4)10(2)15-16-12-7-5-6-8-13(12)22-15/h5-8,10H,1-4H3/t10-/m1/s1. The second kappa shape index (κ2) is 5.70. The number of sulfonamides is 1. The van der Waals surface area contributed by atoms with Crippen LogP contribution in [0.25, 0.3) is 10.2 Å². The lowest BCUT2D eigenvalue weighted by Gasteiger charge is -2.22. The van der Waals surface area contributed by atoms with Crippen LogP contribution in [0.3, 0.4) is 0 Å². The molecule has 0 aliphatic rings. The third kappa shape index (κ3) is 2.66. The number of benzene rings is 1. The highest BCUT2D eigenvalue weighted by Gasteiger charge is 2.33. The minimum Gasteiger partial charge on any atom is -0.360 e. The lowest BCUT2D eigenvalue weighted by Crippen LogP contribution is -2.30. The summed E-state index contributed by atoms with van der Waals surface area (Å²) in [6, 6.07) is 7.38. The van der Waals surface area contributed by atoms with Gasteiger partial charge >= 0.3 is 0 Å². The molecule has 0 saturated heterocycles. The van der Waals surface area contributed by atoms with Crippen LogP contribution in [0.5, 0.6) is 0 Å². The first-order chi connectivity index (χ1) is 10.8. The van der Waals surface area contributed by atoms with Gasteiger partial charge in [-0.1, -0.05) is 17.3 Å². The Balaban J connectivity index is 2.00. The fourth-order valence-electron chi connectivity index (χ4n) is 2.42. The van der Waals surface area contributed by atoms with Crippen molar-refractivity contribution in [2.24, 2.45) is 0 Å². The van der Waals surface area contributed by atoms with Gasteiger partial charge in [-0.15, -0.1) is 11.3 Å². The molecular formula is C15H17N3O3S2. The van der Waals surface area contributed by atoms with Crippen molar-refractivity contribution in [3.63, 3.8) is 0 Å². The zero-order valence-corrected chi connectivity index (χ0v) is 14.9. The fourth-order valence-corrected chi connectivity index (χ4v) is 5.16. The zero-order valence-electron chi connectivity index (χ0n) is 13.3. The van der Waals surface area contributed by atoms with Crippen LogP contribution in [-0.2, 0) is 10.0 Å². The maximum atomic E-state index is 12.9. The van der Waals surface area contributed by atoms with Gasteiger partial charge in [-0.25, -0.2) is 13.4 Å². The number of rotatable bonds is 4. The van der Waals surface area contributed by atoms with E-state index >= 15 is 0 Å². The van der Waals surface area contributed by atoms with E-state index in [4.69, 9.17) is 4.52 Å². The van der Waals surface area contributed by atoms with E-state index in [-0.39, 0.29) is 10.9 Å². The van der Waals surface area contributed by atoms with Crippen molar-refractivity contribution in [3.8, 4) is 0 Å². The molecule has 8 heteroatoms. The number of fused-ring (bicyclic) bond motifs is 1. The molecule has 0 bridgehead atoms. The van der Waals surface area contributed by atoms with E-state index in [1.807, 2.05) is 31.2 Å². The fraction of sp³-hybridized carbons (Fsp3) is 0.333. The number of nitrogens with zero attached hydrogens (tertiary/aromatic N) is 3. The Labute approximate surface area is 138 Å². The summed E-state index contributed by atoms with van der Waals surface area (Å²) in [5.41, 5.74) is 1.24. The molecular weight excluding hydrogens is 334 g/mol. The predicted molar refractivity (Wildman–Crippen MR) is 89.0 cm³/mol. The van der Waals surface area contributed by atoms with Crippen molar-refractivity contribution in [2.45, 2.75) is 31.7 Å². The lowest BCUT2D eigenvalue weighted by atomic mass is 10.3. The average Bonchev–Trinajstić information content (AvgIpc) is 3.09. The molecule has 0 spiro atoms. The van der Waals surface area contributed by atoms with Crippen molar-refractivity contribution >= 4 is 31.6 Å². The third-order valence-electron chi connectivity index (χ3n) is 3.82.